The van der Waals surface area contributed by atoms with E-state index in [0.29, 0.717) is 34.0 Å². The quantitative estimate of drug-likeness (QED) is 0.159. The summed E-state index contributed by atoms with van der Waals surface area (Å²) in [4.78, 5) is 43.1. The Balaban J connectivity index is 1.85. The lowest BCUT2D eigenvalue weighted by Gasteiger charge is -2.25. The second kappa shape index (κ2) is 12.2. The number of nitro groups is 1. The number of nitrogens with zero attached hydrogens (tertiary/aromatic N) is 3. The number of hydrogen-bond acceptors (Lipinski definition) is 8. The molecule has 0 radical (unpaired) electrons. The van der Waals surface area contributed by atoms with Crippen LogP contribution < -0.4 is 19.6 Å². The molecule has 1 aliphatic rings. The van der Waals surface area contributed by atoms with Crippen molar-refractivity contribution in [1.29, 1.82) is 0 Å². The van der Waals surface area contributed by atoms with Crippen LogP contribution in [0.5, 0.6) is 5.75 Å². The molecule has 2 aromatic carbocycles. The van der Waals surface area contributed by atoms with E-state index in [0.717, 1.165) is 24.2 Å². The zero-order valence-corrected chi connectivity index (χ0v) is 23.2. The second-order valence-electron chi connectivity index (χ2n) is 9.66. The molecule has 0 saturated carbocycles. The van der Waals surface area contributed by atoms with Crippen molar-refractivity contribution in [2.45, 2.75) is 46.6 Å². The summed E-state index contributed by atoms with van der Waals surface area (Å²) in [6, 6.07) is 12.8. The molecule has 3 aromatic rings. The van der Waals surface area contributed by atoms with Crippen LogP contribution in [0.4, 0.5) is 5.69 Å². The first kappa shape index (κ1) is 28.0. The molecule has 1 atom stereocenters. The molecule has 9 nitrogen and oxygen atoms in total. The number of allylic oxidation sites excluding steroid dienone is 1. The number of fused-ring (bicyclic) bond motifs is 1. The van der Waals surface area contributed by atoms with E-state index in [1.807, 2.05) is 38.1 Å². The highest BCUT2D eigenvalue weighted by atomic mass is 32.1. The lowest BCUT2D eigenvalue weighted by atomic mass is 9.96. The van der Waals surface area contributed by atoms with E-state index >= 15 is 0 Å². The fourth-order valence-corrected chi connectivity index (χ4v) is 5.25. The maximum atomic E-state index is 13.8. The summed E-state index contributed by atoms with van der Waals surface area (Å²) in [6.45, 7) is 8.53. The predicted molar refractivity (Wildman–Crippen MR) is 150 cm³/mol. The molecular weight excluding hydrogens is 518 g/mol. The molecule has 4 rings (SSSR count). The molecule has 0 spiro atoms. The molecule has 10 heteroatoms. The lowest BCUT2D eigenvalue weighted by molar-refractivity contribution is -0.385. The number of nitro benzene ring substituents is 1. The summed E-state index contributed by atoms with van der Waals surface area (Å²) >= 11 is 1.12. The van der Waals surface area contributed by atoms with Gasteiger partial charge in [-0.25, -0.2) is 9.79 Å². The van der Waals surface area contributed by atoms with E-state index in [1.54, 1.807) is 25.1 Å². The number of carbonyl (C=O) groups is 1. The van der Waals surface area contributed by atoms with Crippen LogP contribution in [0, 0.1) is 16.0 Å². The molecule has 0 aliphatic carbocycles. The highest BCUT2D eigenvalue weighted by Crippen LogP contribution is 2.32. The van der Waals surface area contributed by atoms with Gasteiger partial charge < -0.3 is 9.47 Å². The average molecular weight is 550 g/mol. The monoisotopic (exact) mass is 549 g/mol. The van der Waals surface area contributed by atoms with Crippen molar-refractivity contribution in [2.24, 2.45) is 10.9 Å². The number of esters is 1. The third-order valence-corrected chi connectivity index (χ3v) is 7.15. The van der Waals surface area contributed by atoms with Crippen molar-refractivity contribution in [1.82, 2.24) is 4.57 Å². The van der Waals surface area contributed by atoms with Crippen LogP contribution in [-0.4, -0.2) is 28.7 Å². The molecule has 2 heterocycles. The molecule has 39 heavy (non-hydrogen) atoms. The number of thiazole rings is 1. The van der Waals surface area contributed by atoms with E-state index < -0.39 is 22.5 Å². The Morgan fingerprint density at radius 2 is 1.92 bits per heavy atom. The Morgan fingerprint density at radius 1 is 1.21 bits per heavy atom. The van der Waals surface area contributed by atoms with Gasteiger partial charge >= 0.3 is 5.97 Å². The second-order valence-corrected chi connectivity index (χ2v) is 10.7. The van der Waals surface area contributed by atoms with Gasteiger partial charge in [0.15, 0.2) is 4.80 Å². The van der Waals surface area contributed by atoms with Crippen molar-refractivity contribution in [2.75, 3.05) is 13.2 Å². The van der Waals surface area contributed by atoms with Crippen molar-refractivity contribution in [3.8, 4) is 5.75 Å². The smallest absolute Gasteiger partial charge is 0.338 e. The van der Waals surface area contributed by atoms with Crippen molar-refractivity contribution < 1.29 is 19.2 Å². The molecule has 1 unspecified atom stereocenters. The molecular formula is C29H31N3O6S. The molecule has 0 saturated heterocycles. The van der Waals surface area contributed by atoms with Crippen LogP contribution in [0.2, 0.25) is 0 Å². The fraction of sp³-hybridized carbons (Fsp3) is 0.345. The Bertz CT molecular complexity index is 1580. The first-order valence-corrected chi connectivity index (χ1v) is 13.7. The SMILES string of the molecule is CCCCOc1ccc(C2C(C(=O)OCC(C)C)=C(C)N=c3sc(=Cc4ccccc4[N+](=O)[O-])c(=O)n32)cc1. The minimum Gasteiger partial charge on any atom is -0.494 e. The first-order chi connectivity index (χ1) is 18.7. The van der Waals surface area contributed by atoms with E-state index in [9.17, 15) is 19.7 Å². The van der Waals surface area contributed by atoms with Crippen molar-refractivity contribution in [3.05, 3.63) is 101 Å². The molecule has 1 aromatic heterocycles. The van der Waals surface area contributed by atoms with Gasteiger partial charge in [0.25, 0.3) is 11.2 Å². The highest BCUT2D eigenvalue weighted by molar-refractivity contribution is 7.07. The summed E-state index contributed by atoms with van der Waals surface area (Å²) in [7, 11) is 0. The van der Waals surface area contributed by atoms with Crippen molar-refractivity contribution in [3.63, 3.8) is 0 Å². The van der Waals surface area contributed by atoms with Gasteiger partial charge in [-0.1, -0.05) is 62.8 Å². The van der Waals surface area contributed by atoms with Gasteiger partial charge in [0.1, 0.15) is 5.75 Å². The van der Waals surface area contributed by atoms with Crippen LogP contribution in [0.15, 0.2) is 69.6 Å². The topological polar surface area (TPSA) is 113 Å². The van der Waals surface area contributed by atoms with E-state index in [-0.39, 0.29) is 28.3 Å². The van der Waals surface area contributed by atoms with Gasteiger partial charge in [-0.2, -0.15) is 0 Å². The zero-order chi connectivity index (χ0) is 28.1. The summed E-state index contributed by atoms with van der Waals surface area (Å²) in [5.41, 5.74) is 1.24. The lowest BCUT2D eigenvalue weighted by Crippen LogP contribution is -2.40. The highest BCUT2D eigenvalue weighted by Gasteiger charge is 2.33. The Kier molecular flexibility index (Phi) is 8.75. The van der Waals surface area contributed by atoms with Crippen molar-refractivity contribution >= 4 is 29.1 Å². The molecule has 1 aliphatic heterocycles. The number of ether oxygens (including phenoxy) is 2. The number of rotatable bonds is 10. The number of para-hydroxylation sites is 1. The summed E-state index contributed by atoms with van der Waals surface area (Å²) in [5.74, 6) is 0.294. The number of unbranched alkanes of at least 4 members (excludes halogenated alkanes) is 1. The normalized spacial score (nSPS) is 15.2. The number of aromatic nitrogens is 1. The standard InChI is InChI=1S/C29H31N3O6S/c1-5-6-15-37-22-13-11-20(12-14-22)26-25(28(34)38-17-18(2)3)19(4)30-29-31(26)27(33)24(39-29)16-21-9-7-8-10-23(21)32(35)36/h7-14,16,18,26H,5-6,15,17H2,1-4H3. The number of carbonyl (C=O) groups excluding carboxylic acids is 1. The third kappa shape index (κ3) is 6.17. The minimum atomic E-state index is -0.779. The van der Waals surface area contributed by atoms with Crippen LogP contribution in [-0.2, 0) is 9.53 Å². The van der Waals surface area contributed by atoms with Crippen LogP contribution in [0.1, 0.15) is 57.7 Å². The van der Waals surface area contributed by atoms with Gasteiger partial charge in [-0.3, -0.25) is 19.5 Å². The Morgan fingerprint density at radius 3 is 2.59 bits per heavy atom. The molecule has 0 fully saturated rings. The Hall–Kier alpha value is -4.05. The van der Waals surface area contributed by atoms with E-state index in [4.69, 9.17) is 9.47 Å². The fourth-order valence-electron chi connectivity index (χ4n) is 4.22. The van der Waals surface area contributed by atoms with Crippen LogP contribution in [0.3, 0.4) is 0 Å². The average Bonchev–Trinajstić information content (AvgIpc) is 3.21. The van der Waals surface area contributed by atoms with Gasteiger partial charge in [0, 0.05) is 6.07 Å². The van der Waals surface area contributed by atoms with Gasteiger partial charge in [-0.05, 0) is 49.1 Å². The predicted octanol–water partition coefficient (Wildman–Crippen LogP) is 4.52. The van der Waals surface area contributed by atoms with Gasteiger partial charge in [0.2, 0.25) is 0 Å². The summed E-state index contributed by atoms with van der Waals surface area (Å²) in [6.07, 6.45) is 3.46. The minimum absolute atomic E-state index is 0.104. The van der Waals surface area contributed by atoms with E-state index in [2.05, 4.69) is 11.9 Å². The van der Waals surface area contributed by atoms with Gasteiger partial charge in [-0.15, -0.1) is 0 Å². The van der Waals surface area contributed by atoms with Crippen LogP contribution in [0.25, 0.3) is 6.08 Å². The molecule has 0 N–H and O–H groups in total. The molecule has 0 amide bonds. The Labute approximate surface area is 229 Å². The molecule has 204 valence electrons. The molecule has 0 bridgehead atoms. The van der Waals surface area contributed by atoms with Crippen LogP contribution >= 0.6 is 11.3 Å². The van der Waals surface area contributed by atoms with E-state index in [1.165, 1.54) is 16.7 Å². The maximum Gasteiger partial charge on any atom is 0.338 e. The number of hydrogen-bond donors (Lipinski definition) is 0. The van der Waals surface area contributed by atoms with Gasteiger partial charge in [0.05, 0.1) is 45.5 Å². The largest absolute Gasteiger partial charge is 0.494 e. The first-order valence-electron chi connectivity index (χ1n) is 12.9. The maximum absolute atomic E-state index is 13.8. The summed E-state index contributed by atoms with van der Waals surface area (Å²) in [5, 5.41) is 11.5. The zero-order valence-electron chi connectivity index (χ0n) is 22.4. The number of benzene rings is 2. The summed E-state index contributed by atoms with van der Waals surface area (Å²) < 4.78 is 13.1. The third-order valence-electron chi connectivity index (χ3n) is 6.17.